The van der Waals surface area contributed by atoms with Gasteiger partial charge in [0.1, 0.15) is 5.75 Å². The number of rotatable bonds is 7. The zero-order valence-electron chi connectivity index (χ0n) is 17.5. The number of nitrogens with one attached hydrogen (secondary N) is 3. The molecule has 0 bridgehead atoms. The molecule has 2 aromatic carbocycles. The van der Waals surface area contributed by atoms with E-state index in [9.17, 15) is 18.0 Å². The fourth-order valence-corrected chi connectivity index (χ4v) is 2.65. The molecule has 10 heteroatoms. The van der Waals surface area contributed by atoms with E-state index in [2.05, 4.69) is 20.9 Å². The summed E-state index contributed by atoms with van der Waals surface area (Å²) >= 11 is 0. The highest BCUT2D eigenvalue weighted by molar-refractivity contribution is 14.0. The van der Waals surface area contributed by atoms with Gasteiger partial charge in [0, 0.05) is 38.3 Å². The van der Waals surface area contributed by atoms with E-state index < -0.39 is 12.8 Å². The zero-order chi connectivity index (χ0) is 22.1. The Morgan fingerprint density at radius 1 is 1.10 bits per heavy atom. The first kappa shape index (κ1) is 26.5. The van der Waals surface area contributed by atoms with Crippen LogP contribution in [0.4, 0.5) is 13.2 Å². The van der Waals surface area contributed by atoms with Gasteiger partial charge in [0.25, 0.3) is 5.91 Å². The largest absolute Gasteiger partial charge is 0.484 e. The van der Waals surface area contributed by atoms with Crippen LogP contribution in [-0.4, -0.2) is 38.7 Å². The molecule has 0 fully saturated rings. The highest BCUT2D eigenvalue weighted by Crippen LogP contribution is 2.23. The first-order chi connectivity index (χ1) is 14.2. The lowest BCUT2D eigenvalue weighted by Crippen LogP contribution is -2.36. The first-order valence-electron chi connectivity index (χ1n) is 9.26. The van der Waals surface area contributed by atoms with Crippen LogP contribution >= 0.6 is 24.0 Å². The summed E-state index contributed by atoms with van der Waals surface area (Å²) in [5.41, 5.74) is 2.80. The number of hydrogen-bond donors (Lipinski definition) is 3. The summed E-state index contributed by atoms with van der Waals surface area (Å²) in [6.07, 6.45) is -4.41. The van der Waals surface area contributed by atoms with E-state index >= 15 is 0 Å². The number of nitrogens with zero attached hydrogens (tertiary/aromatic N) is 1. The molecule has 2 aromatic rings. The molecule has 3 N–H and O–H groups in total. The number of amides is 1. The molecule has 2 rings (SSSR count). The molecule has 0 radical (unpaired) electrons. The molecule has 31 heavy (non-hydrogen) atoms. The van der Waals surface area contributed by atoms with Crippen molar-refractivity contribution in [3.8, 4) is 5.75 Å². The van der Waals surface area contributed by atoms with Gasteiger partial charge in [0.2, 0.25) is 0 Å². The average molecular weight is 550 g/mol. The molecule has 6 nitrogen and oxygen atoms in total. The summed E-state index contributed by atoms with van der Waals surface area (Å²) in [4.78, 5) is 15.9. The van der Waals surface area contributed by atoms with Gasteiger partial charge in [-0.3, -0.25) is 9.79 Å². The second-order valence-electron chi connectivity index (χ2n) is 6.57. The number of carbonyl (C=O) groups is 1. The third kappa shape index (κ3) is 9.03. The fourth-order valence-electron chi connectivity index (χ4n) is 2.65. The Hall–Kier alpha value is -2.50. The van der Waals surface area contributed by atoms with E-state index in [0.29, 0.717) is 23.6 Å². The maximum Gasteiger partial charge on any atom is 0.422 e. The Balaban J connectivity index is 0.00000480. The Bertz CT molecular complexity index is 904. The molecule has 0 aliphatic rings. The summed E-state index contributed by atoms with van der Waals surface area (Å²) in [5, 5.41) is 8.75. The van der Waals surface area contributed by atoms with Crippen molar-refractivity contribution in [3.63, 3.8) is 0 Å². The van der Waals surface area contributed by atoms with E-state index in [1.807, 2.05) is 6.07 Å². The van der Waals surface area contributed by atoms with E-state index in [4.69, 9.17) is 4.74 Å². The van der Waals surface area contributed by atoms with Crippen LogP contribution in [0, 0.1) is 6.92 Å². The van der Waals surface area contributed by atoms with Crippen LogP contribution in [0.5, 0.6) is 5.75 Å². The lowest BCUT2D eigenvalue weighted by atomic mass is 10.1. The standard InChI is InChI=1S/C21H25F3N4O2.HI/c1-14-7-8-17(18(9-14)30-13-21(22,23)24)12-28-20(26-3)27-11-15-5-4-6-16(10-15)19(29)25-2;/h4-10H,11-13H2,1-3H3,(H,25,29)(H2,26,27,28);1H. The van der Waals surface area contributed by atoms with Crippen molar-refractivity contribution in [2.75, 3.05) is 20.7 Å². The van der Waals surface area contributed by atoms with Gasteiger partial charge in [-0.15, -0.1) is 24.0 Å². The molecule has 0 atom stereocenters. The number of aryl methyl sites for hydroxylation is 1. The van der Waals surface area contributed by atoms with Gasteiger partial charge >= 0.3 is 6.18 Å². The summed E-state index contributed by atoms with van der Waals surface area (Å²) in [6, 6.07) is 12.2. The number of hydrogen-bond acceptors (Lipinski definition) is 3. The number of ether oxygens (including phenoxy) is 1. The number of halogens is 4. The van der Waals surface area contributed by atoms with E-state index in [1.165, 1.54) is 0 Å². The summed E-state index contributed by atoms with van der Waals surface area (Å²) < 4.78 is 42.5. The van der Waals surface area contributed by atoms with Crippen LogP contribution in [0.25, 0.3) is 0 Å². The normalized spacial score (nSPS) is 11.4. The molecule has 0 aromatic heterocycles. The first-order valence-corrected chi connectivity index (χ1v) is 9.26. The molecule has 0 spiro atoms. The molecule has 0 heterocycles. The second kappa shape index (κ2) is 12.4. The molecule has 0 saturated carbocycles. The van der Waals surface area contributed by atoms with Crippen LogP contribution < -0.4 is 20.7 Å². The fraction of sp³-hybridized carbons (Fsp3) is 0.333. The van der Waals surface area contributed by atoms with Crippen LogP contribution in [-0.2, 0) is 13.1 Å². The van der Waals surface area contributed by atoms with Crippen LogP contribution in [0.1, 0.15) is 27.0 Å². The predicted octanol–water partition coefficient (Wildman–Crippen LogP) is 3.78. The minimum atomic E-state index is -4.41. The topological polar surface area (TPSA) is 74.8 Å². The summed E-state index contributed by atoms with van der Waals surface area (Å²) in [6.45, 7) is 1.07. The van der Waals surface area contributed by atoms with Gasteiger partial charge < -0.3 is 20.7 Å². The number of benzene rings is 2. The van der Waals surface area contributed by atoms with E-state index in [1.54, 1.807) is 57.4 Å². The van der Waals surface area contributed by atoms with Crippen molar-refractivity contribution in [3.05, 3.63) is 64.7 Å². The Kier molecular flexibility index (Phi) is 10.6. The Labute approximate surface area is 196 Å². The Morgan fingerprint density at radius 2 is 1.81 bits per heavy atom. The third-order valence-corrected chi connectivity index (χ3v) is 4.16. The maximum absolute atomic E-state index is 12.5. The summed E-state index contributed by atoms with van der Waals surface area (Å²) in [7, 11) is 3.16. The highest BCUT2D eigenvalue weighted by Gasteiger charge is 2.28. The van der Waals surface area contributed by atoms with Gasteiger partial charge in [-0.2, -0.15) is 13.2 Å². The monoisotopic (exact) mass is 550 g/mol. The molecule has 170 valence electrons. The molecular formula is C21H26F3IN4O2. The second-order valence-corrected chi connectivity index (χ2v) is 6.57. The minimum Gasteiger partial charge on any atom is -0.484 e. The van der Waals surface area contributed by atoms with E-state index in [0.717, 1.165) is 11.1 Å². The molecule has 0 aliphatic heterocycles. The quantitative estimate of drug-likeness (QED) is 0.279. The number of aliphatic imine (C=N–C) groups is 1. The molecule has 0 unspecified atom stereocenters. The minimum absolute atomic E-state index is 0. The van der Waals surface area contributed by atoms with Crippen molar-refractivity contribution >= 4 is 35.8 Å². The SMILES string of the molecule is CN=C(NCc1cccc(C(=O)NC)c1)NCc1ccc(C)cc1OCC(F)(F)F.I. The number of carbonyl (C=O) groups excluding carboxylic acids is 1. The highest BCUT2D eigenvalue weighted by atomic mass is 127. The smallest absolute Gasteiger partial charge is 0.422 e. The molecular weight excluding hydrogens is 524 g/mol. The molecule has 1 amide bonds. The average Bonchev–Trinajstić information content (AvgIpc) is 2.72. The molecule has 0 saturated heterocycles. The van der Waals surface area contributed by atoms with Gasteiger partial charge in [-0.25, -0.2) is 0 Å². The van der Waals surface area contributed by atoms with Crippen LogP contribution in [0.2, 0.25) is 0 Å². The maximum atomic E-state index is 12.5. The lowest BCUT2D eigenvalue weighted by Gasteiger charge is -2.16. The van der Waals surface area contributed by atoms with Crippen molar-refractivity contribution in [1.82, 2.24) is 16.0 Å². The van der Waals surface area contributed by atoms with E-state index in [-0.39, 0.29) is 42.2 Å². The Morgan fingerprint density at radius 3 is 2.45 bits per heavy atom. The predicted molar refractivity (Wildman–Crippen MR) is 125 cm³/mol. The summed E-state index contributed by atoms with van der Waals surface area (Å²) in [5.74, 6) is 0.460. The third-order valence-electron chi connectivity index (χ3n) is 4.16. The van der Waals surface area contributed by atoms with Gasteiger partial charge in [-0.1, -0.05) is 24.3 Å². The van der Waals surface area contributed by atoms with Gasteiger partial charge in [0.15, 0.2) is 12.6 Å². The van der Waals surface area contributed by atoms with Crippen molar-refractivity contribution in [2.45, 2.75) is 26.2 Å². The van der Waals surface area contributed by atoms with Gasteiger partial charge in [0.05, 0.1) is 0 Å². The van der Waals surface area contributed by atoms with Crippen molar-refractivity contribution < 1.29 is 22.7 Å². The van der Waals surface area contributed by atoms with Crippen LogP contribution in [0.15, 0.2) is 47.5 Å². The van der Waals surface area contributed by atoms with Crippen LogP contribution in [0.3, 0.4) is 0 Å². The van der Waals surface area contributed by atoms with Gasteiger partial charge in [-0.05, 0) is 36.2 Å². The number of guanidine groups is 1. The number of alkyl halides is 3. The zero-order valence-corrected chi connectivity index (χ0v) is 19.8. The molecule has 0 aliphatic carbocycles. The van der Waals surface area contributed by atoms with Crippen molar-refractivity contribution in [2.24, 2.45) is 4.99 Å². The lowest BCUT2D eigenvalue weighted by molar-refractivity contribution is -0.153. The van der Waals surface area contributed by atoms with Crippen molar-refractivity contribution in [1.29, 1.82) is 0 Å².